The van der Waals surface area contributed by atoms with E-state index in [9.17, 15) is 0 Å². The average Bonchev–Trinajstić information content (AvgIpc) is 2.74. The second-order valence-corrected chi connectivity index (χ2v) is 6.22. The molecule has 9 nitrogen and oxygen atoms in total. The number of aryl methyl sites for hydroxylation is 1. The standard InChI is InChI=1S/C21H29N5O4/c1-6-28-19-14-20(29-7-2)24-21(23-19)16(4)26-30-13-9-11-17-10-8-12-18(22-17)15(3)25-27-5/h8,10,12,14H,6-7,9,11,13H2,1-5H3/b25-15+,26-16+. The van der Waals surface area contributed by atoms with Crippen LogP contribution in [0.4, 0.5) is 0 Å². The summed E-state index contributed by atoms with van der Waals surface area (Å²) in [4.78, 5) is 23.5. The molecule has 0 aliphatic carbocycles. The molecule has 0 fully saturated rings. The Morgan fingerprint density at radius 2 is 1.63 bits per heavy atom. The van der Waals surface area contributed by atoms with Gasteiger partial charge in [-0.1, -0.05) is 16.4 Å². The number of aromatic nitrogens is 3. The number of rotatable bonds is 12. The number of hydrogen-bond donors (Lipinski definition) is 0. The summed E-state index contributed by atoms with van der Waals surface area (Å²) in [5.41, 5.74) is 3.03. The summed E-state index contributed by atoms with van der Waals surface area (Å²) in [6.45, 7) is 8.86. The van der Waals surface area contributed by atoms with Crippen molar-refractivity contribution < 1.29 is 19.1 Å². The summed E-state index contributed by atoms with van der Waals surface area (Å²) >= 11 is 0. The fraction of sp³-hybridized carbons (Fsp3) is 0.476. The number of nitrogens with zero attached hydrogens (tertiary/aromatic N) is 5. The van der Waals surface area contributed by atoms with Gasteiger partial charge in [-0.25, -0.2) is 0 Å². The minimum Gasteiger partial charge on any atom is -0.478 e. The molecule has 9 heteroatoms. The maximum atomic E-state index is 5.47. The Balaban J connectivity index is 1.91. The topological polar surface area (TPSA) is 100 Å². The van der Waals surface area contributed by atoms with E-state index < -0.39 is 0 Å². The Morgan fingerprint density at radius 1 is 0.933 bits per heavy atom. The first-order chi connectivity index (χ1) is 14.6. The predicted octanol–water partition coefficient (Wildman–Crippen LogP) is 3.41. The third-order valence-corrected chi connectivity index (χ3v) is 3.86. The summed E-state index contributed by atoms with van der Waals surface area (Å²) in [6.07, 6.45) is 1.52. The molecular weight excluding hydrogens is 386 g/mol. The highest BCUT2D eigenvalue weighted by molar-refractivity contribution is 5.96. The average molecular weight is 415 g/mol. The monoisotopic (exact) mass is 415 g/mol. The lowest BCUT2D eigenvalue weighted by atomic mass is 10.2. The van der Waals surface area contributed by atoms with Crippen LogP contribution in [0.1, 0.15) is 51.3 Å². The zero-order valence-corrected chi connectivity index (χ0v) is 18.2. The zero-order chi connectivity index (χ0) is 21.8. The number of oxime groups is 2. The van der Waals surface area contributed by atoms with Crippen LogP contribution < -0.4 is 9.47 Å². The molecule has 0 atom stereocenters. The number of hydrogen-bond acceptors (Lipinski definition) is 9. The highest BCUT2D eigenvalue weighted by Crippen LogP contribution is 2.16. The second-order valence-electron chi connectivity index (χ2n) is 6.22. The SMILES string of the molecule is CCOc1cc(OCC)nc(/C(C)=N/OCCCc2cccc(/C(C)=N/OC)n2)n1. The molecule has 0 bridgehead atoms. The lowest BCUT2D eigenvalue weighted by Crippen LogP contribution is -2.08. The van der Waals surface area contributed by atoms with E-state index in [1.54, 1.807) is 13.0 Å². The molecule has 0 radical (unpaired) electrons. The first-order valence-electron chi connectivity index (χ1n) is 9.93. The summed E-state index contributed by atoms with van der Waals surface area (Å²) in [5.74, 6) is 1.30. The fourth-order valence-electron chi connectivity index (χ4n) is 2.51. The normalized spacial score (nSPS) is 11.9. The molecule has 0 saturated carbocycles. The Labute approximate surface area is 177 Å². The maximum Gasteiger partial charge on any atom is 0.220 e. The minimum absolute atomic E-state index is 0.409. The van der Waals surface area contributed by atoms with Crippen LogP contribution in [0.2, 0.25) is 0 Å². The van der Waals surface area contributed by atoms with Gasteiger partial charge in [0.05, 0.1) is 25.0 Å². The molecule has 0 unspecified atom stereocenters. The van der Waals surface area contributed by atoms with Gasteiger partial charge in [0.1, 0.15) is 25.1 Å². The Bertz CT molecular complexity index is 846. The van der Waals surface area contributed by atoms with Crippen LogP contribution in [-0.2, 0) is 16.1 Å². The largest absolute Gasteiger partial charge is 0.478 e. The molecule has 30 heavy (non-hydrogen) atoms. The Morgan fingerprint density at radius 3 is 2.27 bits per heavy atom. The number of ether oxygens (including phenoxy) is 2. The highest BCUT2D eigenvalue weighted by atomic mass is 16.6. The first-order valence-corrected chi connectivity index (χ1v) is 9.93. The molecule has 0 aliphatic rings. The highest BCUT2D eigenvalue weighted by Gasteiger charge is 2.10. The van der Waals surface area contributed by atoms with Crippen LogP contribution in [0.3, 0.4) is 0 Å². The van der Waals surface area contributed by atoms with Gasteiger partial charge in [-0.3, -0.25) is 4.98 Å². The van der Waals surface area contributed by atoms with E-state index in [0.717, 1.165) is 29.9 Å². The molecule has 0 spiro atoms. The van der Waals surface area contributed by atoms with Crippen LogP contribution >= 0.6 is 0 Å². The zero-order valence-electron chi connectivity index (χ0n) is 18.2. The summed E-state index contributed by atoms with van der Waals surface area (Å²) in [6, 6.07) is 7.48. The molecule has 0 aromatic carbocycles. The summed E-state index contributed by atoms with van der Waals surface area (Å²) in [5, 5.41) is 8.03. The van der Waals surface area contributed by atoms with E-state index in [1.165, 1.54) is 7.11 Å². The molecule has 0 amide bonds. The van der Waals surface area contributed by atoms with Gasteiger partial charge in [0, 0.05) is 5.69 Å². The van der Waals surface area contributed by atoms with Crippen molar-refractivity contribution in [1.29, 1.82) is 0 Å². The van der Waals surface area contributed by atoms with Crippen molar-refractivity contribution in [2.45, 2.75) is 40.5 Å². The predicted molar refractivity (Wildman–Crippen MR) is 114 cm³/mol. The van der Waals surface area contributed by atoms with Crippen LogP contribution in [-0.4, -0.2) is 53.3 Å². The van der Waals surface area contributed by atoms with Gasteiger partial charge >= 0.3 is 0 Å². The molecule has 0 aliphatic heterocycles. The minimum atomic E-state index is 0.409. The molecule has 2 aromatic rings. The van der Waals surface area contributed by atoms with Gasteiger partial charge in [0.25, 0.3) is 0 Å². The van der Waals surface area contributed by atoms with Gasteiger partial charge in [-0.15, -0.1) is 0 Å². The van der Waals surface area contributed by atoms with Gasteiger partial charge in [-0.05, 0) is 52.7 Å². The molecule has 2 heterocycles. The third-order valence-electron chi connectivity index (χ3n) is 3.86. The van der Waals surface area contributed by atoms with Crippen molar-refractivity contribution in [2.24, 2.45) is 10.3 Å². The van der Waals surface area contributed by atoms with E-state index in [4.69, 9.17) is 19.1 Å². The van der Waals surface area contributed by atoms with Gasteiger partial charge < -0.3 is 19.1 Å². The number of pyridine rings is 1. The fourth-order valence-corrected chi connectivity index (χ4v) is 2.51. The van der Waals surface area contributed by atoms with Crippen molar-refractivity contribution in [3.63, 3.8) is 0 Å². The molecule has 0 saturated heterocycles. The van der Waals surface area contributed by atoms with Crippen LogP contribution in [0.15, 0.2) is 34.6 Å². The van der Waals surface area contributed by atoms with Crippen LogP contribution in [0, 0.1) is 0 Å². The van der Waals surface area contributed by atoms with E-state index >= 15 is 0 Å². The van der Waals surface area contributed by atoms with Gasteiger partial charge in [0.15, 0.2) is 5.82 Å². The van der Waals surface area contributed by atoms with Crippen molar-refractivity contribution in [1.82, 2.24) is 15.0 Å². The van der Waals surface area contributed by atoms with Crippen molar-refractivity contribution in [3.8, 4) is 11.8 Å². The van der Waals surface area contributed by atoms with Crippen molar-refractivity contribution in [3.05, 3.63) is 41.5 Å². The molecule has 2 rings (SSSR count). The van der Waals surface area contributed by atoms with E-state index in [2.05, 4.69) is 25.3 Å². The molecule has 162 valence electrons. The summed E-state index contributed by atoms with van der Waals surface area (Å²) < 4.78 is 10.9. The molecule has 2 aromatic heterocycles. The van der Waals surface area contributed by atoms with Gasteiger partial charge in [0.2, 0.25) is 11.8 Å². The second kappa shape index (κ2) is 12.4. The molecular formula is C21H29N5O4. The Hall–Kier alpha value is -3.23. The van der Waals surface area contributed by atoms with E-state index in [1.807, 2.05) is 39.0 Å². The van der Waals surface area contributed by atoms with Crippen molar-refractivity contribution >= 4 is 11.4 Å². The summed E-state index contributed by atoms with van der Waals surface area (Å²) in [7, 11) is 1.52. The first kappa shape index (κ1) is 23.1. The lowest BCUT2D eigenvalue weighted by Gasteiger charge is -2.08. The smallest absolute Gasteiger partial charge is 0.220 e. The van der Waals surface area contributed by atoms with Crippen LogP contribution in [0.25, 0.3) is 0 Å². The molecule has 0 N–H and O–H groups in total. The van der Waals surface area contributed by atoms with Crippen LogP contribution in [0.5, 0.6) is 11.8 Å². The Kier molecular flexibility index (Phi) is 9.50. The lowest BCUT2D eigenvalue weighted by molar-refractivity contribution is 0.141. The maximum absolute atomic E-state index is 5.47. The van der Waals surface area contributed by atoms with E-state index in [0.29, 0.717) is 43.1 Å². The third kappa shape index (κ3) is 7.31. The van der Waals surface area contributed by atoms with E-state index in [-0.39, 0.29) is 0 Å². The van der Waals surface area contributed by atoms with Crippen molar-refractivity contribution in [2.75, 3.05) is 26.9 Å². The van der Waals surface area contributed by atoms with Gasteiger partial charge in [-0.2, -0.15) is 9.97 Å². The quantitative estimate of drug-likeness (QED) is 0.297.